The Morgan fingerprint density at radius 1 is 1.27 bits per heavy atom. The van der Waals surface area contributed by atoms with Crippen molar-refractivity contribution in [3.05, 3.63) is 29.8 Å². The smallest absolute Gasteiger partial charge is 0.227 e. The molecule has 1 saturated carbocycles. The van der Waals surface area contributed by atoms with Gasteiger partial charge in [-0.3, -0.25) is 9.59 Å². The zero-order valence-corrected chi connectivity index (χ0v) is 16.1. The molecule has 0 aromatic heterocycles. The molecule has 3 aliphatic rings. The summed E-state index contributed by atoms with van der Waals surface area (Å²) in [6.07, 6.45) is 4.87. The zero-order chi connectivity index (χ0) is 17.4. The predicted octanol–water partition coefficient (Wildman–Crippen LogP) is 2.80. The normalized spacial score (nSPS) is 24.9. The van der Waals surface area contributed by atoms with Crippen molar-refractivity contribution in [1.29, 1.82) is 0 Å². The minimum absolute atomic E-state index is 0. The van der Waals surface area contributed by atoms with Crippen LogP contribution in [0.3, 0.4) is 0 Å². The number of carbonyl (C=O) groups excluding carboxylic acids is 2. The molecule has 1 aliphatic carbocycles. The first-order chi connectivity index (χ1) is 12.1. The SMILES string of the molecule is CC(NC(=O)C1CC12CCNCC2)c1ccc(N2CCCC2=O)cc1.Cl. The van der Waals surface area contributed by atoms with E-state index in [1.807, 2.05) is 36.1 Å². The molecule has 1 spiro atoms. The van der Waals surface area contributed by atoms with Gasteiger partial charge in [-0.25, -0.2) is 0 Å². The van der Waals surface area contributed by atoms with Gasteiger partial charge in [0.25, 0.3) is 0 Å². The first-order valence-corrected chi connectivity index (χ1v) is 9.50. The minimum Gasteiger partial charge on any atom is -0.349 e. The van der Waals surface area contributed by atoms with Crippen LogP contribution in [0.25, 0.3) is 0 Å². The van der Waals surface area contributed by atoms with Crippen LogP contribution < -0.4 is 15.5 Å². The number of rotatable bonds is 4. The van der Waals surface area contributed by atoms with Crippen molar-refractivity contribution in [3.8, 4) is 0 Å². The lowest BCUT2D eigenvalue weighted by molar-refractivity contribution is -0.124. The number of anilines is 1. The highest BCUT2D eigenvalue weighted by Gasteiger charge is 2.57. The van der Waals surface area contributed by atoms with Crippen LogP contribution in [0.1, 0.15) is 50.6 Å². The first kappa shape index (κ1) is 19.2. The quantitative estimate of drug-likeness (QED) is 0.848. The number of hydrogen-bond donors (Lipinski definition) is 2. The molecule has 1 aromatic rings. The molecule has 2 unspecified atom stereocenters. The van der Waals surface area contributed by atoms with Crippen LogP contribution in [0.4, 0.5) is 5.69 Å². The van der Waals surface area contributed by atoms with Crippen molar-refractivity contribution in [1.82, 2.24) is 10.6 Å². The van der Waals surface area contributed by atoms with Crippen molar-refractivity contribution in [2.45, 2.75) is 45.1 Å². The first-order valence-electron chi connectivity index (χ1n) is 9.50. The monoisotopic (exact) mass is 377 g/mol. The fraction of sp³-hybridized carbons (Fsp3) is 0.600. The van der Waals surface area contributed by atoms with Gasteiger partial charge >= 0.3 is 0 Å². The molecule has 142 valence electrons. The summed E-state index contributed by atoms with van der Waals surface area (Å²) >= 11 is 0. The van der Waals surface area contributed by atoms with Gasteiger partial charge in [0.1, 0.15) is 0 Å². The summed E-state index contributed by atoms with van der Waals surface area (Å²) in [5.74, 6) is 0.599. The van der Waals surface area contributed by atoms with Gasteiger partial charge in [0, 0.05) is 24.6 Å². The number of amides is 2. The van der Waals surface area contributed by atoms with E-state index in [9.17, 15) is 9.59 Å². The molecular formula is C20H28ClN3O2. The third-order valence-corrected chi connectivity index (χ3v) is 6.24. The Bertz CT molecular complexity index is 670. The lowest BCUT2D eigenvalue weighted by Crippen LogP contribution is -2.34. The van der Waals surface area contributed by atoms with Crippen LogP contribution in [-0.4, -0.2) is 31.4 Å². The van der Waals surface area contributed by atoms with Crippen LogP contribution >= 0.6 is 12.4 Å². The summed E-state index contributed by atoms with van der Waals surface area (Å²) in [4.78, 5) is 26.3. The van der Waals surface area contributed by atoms with Gasteiger partial charge in [0.05, 0.1) is 6.04 Å². The van der Waals surface area contributed by atoms with E-state index in [1.54, 1.807) is 0 Å². The van der Waals surface area contributed by atoms with E-state index in [0.29, 0.717) is 6.42 Å². The van der Waals surface area contributed by atoms with Crippen molar-refractivity contribution in [2.24, 2.45) is 11.3 Å². The Morgan fingerprint density at radius 3 is 2.58 bits per heavy atom. The maximum atomic E-state index is 12.6. The molecule has 2 heterocycles. The average Bonchev–Trinajstić information content (AvgIpc) is 3.14. The maximum absolute atomic E-state index is 12.6. The second-order valence-corrected chi connectivity index (χ2v) is 7.84. The van der Waals surface area contributed by atoms with E-state index in [4.69, 9.17) is 0 Å². The van der Waals surface area contributed by atoms with E-state index in [1.165, 1.54) is 0 Å². The van der Waals surface area contributed by atoms with Crippen LogP contribution in [0.5, 0.6) is 0 Å². The number of hydrogen-bond acceptors (Lipinski definition) is 3. The number of carbonyl (C=O) groups is 2. The van der Waals surface area contributed by atoms with Crippen LogP contribution in [0.15, 0.2) is 24.3 Å². The summed E-state index contributed by atoms with van der Waals surface area (Å²) < 4.78 is 0. The van der Waals surface area contributed by atoms with Gasteiger partial charge in [-0.15, -0.1) is 12.4 Å². The van der Waals surface area contributed by atoms with Crippen molar-refractivity contribution in [2.75, 3.05) is 24.5 Å². The summed E-state index contributed by atoms with van der Waals surface area (Å²) in [6, 6.07) is 8.03. The third-order valence-electron chi connectivity index (χ3n) is 6.24. The molecule has 6 heteroatoms. The molecule has 2 saturated heterocycles. The lowest BCUT2D eigenvalue weighted by atomic mass is 9.91. The molecule has 2 aliphatic heterocycles. The van der Waals surface area contributed by atoms with Crippen molar-refractivity contribution < 1.29 is 9.59 Å². The number of nitrogens with one attached hydrogen (secondary N) is 2. The van der Waals surface area contributed by atoms with Gasteiger partial charge < -0.3 is 15.5 Å². The molecule has 4 rings (SSSR count). The highest BCUT2D eigenvalue weighted by atomic mass is 35.5. The van der Waals surface area contributed by atoms with Crippen LogP contribution in [-0.2, 0) is 9.59 Å². The Kier molecular flexibility index (Phi) is 5.58. The Morgan fingerprint density at radius 2 is 1.96 bits per heavy atom. The van der Waals surface area contributed by atoms with E-state index in [0.717, 1.165) is 56.6 Å². The topological polar surface area (TPSA) is 61.4 Å². The summed E-state index contributed by atoms with van der Waals surface area (Å²) in [5.41, 5.74) is 2.32. The van der Waals surface area contributed by atoms with Gasteiger partial charge in [0.2, 0.25) is 11.8 Å². The van der Waals surface area contributed by atoms with E-state index < -0.39 is 0 Å². The molecule has 5 nitrogen and oxygen atoms in total. The number of piperidine rings is 1. The highest BCUT2D eigenvalue weighted by molar-refractivity contribution is 5.95. The fourth-order valence-corrected chi connectivity index (χ4v) is 4.46. The number of nitrogens with zero attached hydrogens (tertiary/aromatic N) is 1. The van der Waals surface area contributed by atoms with E-state index >= 15 is 0 Å². The molecule has 3 fully saturated rings. The molecule has 2 atom stereocenters. The van der Waals surface area contributed by atoms with Gasteiger partial charge in [-0.05, 0) is 68.8 Å². The number of benzene rings is 1. The van der Waals surface area contributed by atoms with Crippen LogP contribution in [0, 0.1) is 11.3 Å². The summed E-state index contributed by atoms with van der Waals surface area (Å²) in [6.45, 7) is 4.92. The van der Waals surface area contributed by atoms with Gasteiger partial charge in [-0.2, -0.15) is 0 Å². The predicted molar refractivity (Wildman–Crippen MR) is 104 cm³/mol. The second kappa shape index (κ2) is 7.57. The molecule has 2 N–H and O–H groups in total. The van der Waals surface area contributed by atoms with Gasteiger partial charge in [-0.1, -0.05) is 12.1 Å². The standard InChI is InChI=1S/C20H27N3O2.ClH/c1-14(22-19(25)17-13-20(17)8-10-21-11-9-20)15-4-6-16(7-5-15)23-12-2-3-18(23)24;/h4-7,14,17,21H,2-3,8-13H2,1H3,(H,22,25);1H. The zero-order valence-electron chi connectivity index (χ0n) is 15.3. The molecule has 2 amide bonds. The highest BCUT2D eigenvalue weighted by Crippen LogP contribution is 2.58. The van der Waals surface area contributed by atoms with Crippen LogP contribution in [0.2, 0.25) is 0 Å². The fourth-order valence-electron chi connectivity index (χ4n) is 4.46. The van der Waals surface area contributed by atoms with Crippen molar-refractivity contribution >= 4 is 29.9 Å². The van der Waals surface area contributed by atoms with Gasteiger partial charge in [0.15, 0.2) is 0 Å². The molecule has 26 heavy (non-hydrogen) atoms. The maximum Gasteiger partial charge on any atom is 0.227 e. The summed E-state index contributed by atoms with van der Waals surface area (Å²) in [7, 11) is 0. The average molecular weight is 378 g/mol. The Hall–Kier alpha value is -1.59. The van der Waals surface area contributed by atoms with E-state index in [-0.39, 0.29) is 41.6 Å². The third kappa shape index (κ3) is 3.60. The van der Waals surface area contributed by atoms with Crippen molar-refractivity contribution in [3.63, 3.8) is 0 Å². The lowest BCUT2D eigenvalue weighted by Gasteiger charge is -2.24. The molecule has 0 bridgehead atoms. The largest absolute Gasteiger partial charge is 0.349 e. The Balaban J connectivity index is 0.00000196. The molecular weight excluding hydrogens is 350 g/mol. The minimum atomic E-state index is -0.00445. The second-order valence-electron chi connectivity index (χ2n) is 7.84. The summed E-state index contributed by atoms with van der Waals surface area (Å²) in [5, 5.41) is 6.57. The molecule has 0 radical (unpaired) electrons. The Labute approximate surface area is 161 Å². The van der Waals surface area contributed by atoms with E-state index in [2.05, 4.69) is 10.6 Å². The number of halogens is 1. The molecule has 1 aromatic carbocycles.